The second-order valence-electron chi connectivity index (χ2n) is 3.39. The van der Waals surface area contributed by atoms with Gasteiger partial charge in [0.1, 0.15) is 5.75 Å². The van der Waals surface area contributed by atoms with E-state index in [1.54, 1.807) is 18.2 Å². The lowest BCUT2D eigenvalue weighted by Gasteiger charge is -2.13. The molecular weight excluding hydrogens is 236 g/mol. The van der Waals surface area contributed by atoms with Crippen molar-refractivity contribution in [1.29, 1.82) is 0 Å². The van der Waals surface area contributed by atoms with Crippen LogP contribution >= 0.6 is 0 Å². The van der Waals surface area contributed by atoms with Crippen LogP contribution in [0.5, 0.6) is 5.75 Å². The van der Waals surface area contributed by atoms with E-state index in [1.165, 1.54) is 33.4 Å². The Kier molecular flexibility index (Phi) is 4.86. The van der Waals surface area contributed by atoms with Crippen LogP contribution in [0.15, 0.2) is 29.6 Å². The van der Waals surface area contributed by atoms with Gasteiger partial charge in [-0.1, -0.05) is 0 Å². The summed E-state index contributed by atoms with van der Waals surface area (Å²) in [6.07, 6.45) is 2.79. The zero-order valence-corrected chi connectivity index (χ0v) is 10.4. The number of nitroso groups, excluding NO2 is 1. The molecule has 6 nitrogen and oxygen atoms in total. The fourth-order valence-electron chi connectivity index (χ4n) is 1.36. The molecule has 0 N–H and O–H groups in total. The molecule has 0 aromatic heterocycles. The predicted molar refractivity (Wildman–Crippen MR) is 68.2 cm³/mol. The average molecular weight is 250 g/mol. The van der Waals surface area contributed by atoms with Crippen LogP contribution in [-0.4, -0.2) is 27.2 Å². The molecular formula is C12H14N2O4. The Morgan fingerprint density at radius 2 is 2.11 bits per heavy atom. The highest BCUT2D eigenvalue weighted by Crippen LogP contribution is 2.26. The summed E-state index contributed by atoms with van der Waals surface area (Å²) in [4.78, 5) is 21.6. The first-order valence-electron chi connectivity index (χ1n) is 5.13. The van der Waals surface area contributed by atoms with Gasteiger partial charge in [-0.25, -0.2) is 9.80 Å². The lowest BCUT2D eigenvalue weighted by molar-refractivity contribution is -0.134. The summed E-state index contributed by atoms with van der Waals surface area (Å²) in [7, 11) is 4.34. The molecule has 0 heterocycles. The molecule has 0 bridgehead atoms. The number of ether oxygens (including phenoxy) is 2. The molecule has 96 valence electrons. The zero-order valence-electron chi connectivity index (χ0n) is 10.4. The highest BCUT2D eigenvalue weighted by atomic mass is 16.5. The Balaban J connectivity index is 3.15. The third-order valence-electron chi connectivity index (χ3n) is 2.31. The van der Waals surface area contributed by atoms with Gasteiger partial charge in [-0.3, -0.25) is 0 Å². The molecule has 0 aliphatic rings. The number of benzene rings is 1. The van der Waals surface area contributed by atoms with Gasteiger partial charge in [-0.15, -0.1) is 4.91 Å². The Hall–Kier alpha value is -2.37. The lowest BCUT2D eigenvalue weighted by Crippen LogP contribution is -2.08. The van der Waals surface area contributed by atoms with Gasteiger partial charge in [0.25, 0.3) is 0 Å². The van der Waals surface area contributed by atoms with E-state index in [0.717, 1.165) is 5.01 Å². The minimum Gasteiger partial charge on any atom is -0.497 e. The minimum atomic E-state index is -0.481. The summed E-state index contributed by atoms with van der Waals surface area (Å²) in [5.41, 5.74) is 1.19. The van der Waals surface area contributed by atoms with Crippen LogP contribution in [0, 0.1) is 4.91 Å². The molecule has 1 aromatic carbocycles. The standard InChI is InChI=1S/C12H14N2O4/c1-14(13-16)11-6-5-10(17-2)8-9(11)4-7-12(15)18-3/h4-8H,1-3H3/b7-4+. The third kappa shape index (κ3) is 3.31. The first-order chi connectivity index (χ1) is 8.62. The van der Waals surface area contributed by atoms with Crippen molar-refractivity contribution in [2.45, 2.75) is 0 Å². The van der Waals surface area contributed by atoms with E-state index < -0.39 is 5.97 Å². The van der Waals surface area contributed by atoms with Gasteiger partial charge >= 0.3 is 5.97 Å². The SMILES string of the molecule is COC(=O)/C=C/c1cc(OC)ccc1N(C)N=O. The highest BCUT2D eigenvalue weighted by Gasteiger charge is 2.07. The zero-order chi connectivity index (χ0) is 13.5. The first-order valence-corrected chi connectivity index (χ1v) is 5.13. The topological polar surface area (TPSA) is 68.2 Å². The fraction of sp³-hybridized carbons (Fsp3) is 0.250. The number of anilines is 1. The number of esters is 1. The highest BCUT2D eigenvalue weighted by molar-refractivity contribution is 5.88. The summed E-state index contributed by atoms with van der Waals surface area (Å²) in [6.45, 7) is 0. The minimum absolute atomic E-state index is 0.481. The molecule has 1 aromatic rings. The number of methoxy groups -OCH3 is 2. The van der Waals surface area contributed by atoms with Gasteiger partial charge in [0.2, 0.25) is 0 Å². The number of hydrogen-bond donors (Lipinski definition) is 0. The number of carbonyl (C=O) groups excluding carboxylic acids is 1. The van der Waals surface area contributed by atoms with E-state index in [1.807, 2.05) is 0 Å². The molecule has 0 fully saturated rings. The number of rotatable bonds is 5. The van der Waals surface area contributed by atoms with Crippen molar-refractivity contribution in [3.8, 4) is 5.75 Å². The van der Waals surface area contributed by atoms with Crippen LogP contribution in [0.2, 0.25) is 0 Å². The van der Waals surface area contributed by atoms with E-state index in [0.29, 0.717) is 17.0 Å². The molecule has 0 unspecified atom stereocenters. The second kappa shape index (κ2) is 6.39. The van der Waals surface area contributed by atoms with Crippen LogP contribution in [0.3, 0.4) is 0 Å². The number of nitrogens with zero attached hydrogens (tertiary/aromatic N) is 2. The van der Waals surface area contributed by atoms with Gasteiger partial charge in [-0.2, -0.15) is 0 Å². The van der Waals surface area contributed by atoms with Gasteiger partial charge in [0.15, 0.2) is 0 Å². The summed E-state index contributed by atoms with van der Waals surface area (Å²) < 4.78 is 9.58. The Morgan fingerprint density at radius 3 is 2.67 bits per heavy atom. The smallest absolute Gasteiger partial charge is 0.330 e. The van der Waals surface area contributed by atoms with E-state index in [2.05, 4.69) is 10.0 Å². The second-order valence-corrected chi connectivity index (χ2v) is 3.39. The van der Waals surface area contributed by atoms with Gasteiger partial charge < -0.3 is 9.47 Å². The number of carbonyl (C=O) groups is 1. The molecule has 1 rings (SSSR count). The Bertz CT molecular complexity index is 471. The molecule has 0 aliphatic carbocycles. The average Bonchev–Trinajstić information content (AvgIpc) is 2.43. The molecule has 0 amide bonds. The fourth-order valence-corrected chi connectivity index (χ4v) is 1.36. The monoisotopic (exact) mass is 250 g/mol. The van der Waals surface area contributed by atoms with Gasteiger partial charge in [0.05, 0.1) is 25.2 Å². The predicted octanol–water partition coefficient (Wildman–Crippen LogP) is 2.00. The molecule has 0 spiro atoms. The van der Waals surface area contributed by atoms with Crippen LogP contribution < -0.4 is 9.75 Å². The molecule has 6 heteroatoms. The molecule has 18 heavy (non-hydrogen) atoms. The van der Waals surface area contributed by atoms with Crippen molar-refractivity contribution >= 4 is 17.7 Å². The number of hydrogen-bond acceptors (Lipinski definition) is 5. The van der Waals surface area contributed by atoms with Crippen molar-refractivity contribution in [3.05, 3.63) is 34.7 Å². The maximum atomic E-state index is 11.1. The van der Waals surface area contributed by atoms with Crippen LogP contribution in [0.4, 0.5) is 5.69 Å². The molecule has 0 saturated heterocycles. The molecule has 0 atom stereocenters. The molecule has 0 aliphatic heterocycles. The lowest BCUT2D eigenvalue weighted by atomic mass is 10.1. The summed E-state index contributed by atoms with van der Waals surface area (Å²) >= 11 is 0. The maximum Gasteiger partial charge on any atom is 0.330 e. The van der Waals surface area contributed by atoms with Crippen LogP contribution in [-0.2, 0) is 9.53 Å². The first kappa shape index (κ1) is 13.7. The van der Waals surface area contributed by atoms with E-state index in [-0.39, 0.29) is 0 Å². The van der Waals surface area contributed by atoms with Crippen molar-refractivity contribution in [1.82, 2.24) is 0 Å². The van der Waals surface area contributed by atoms with E-state index >= 15 is 0 Å². The molecule has 0 saturated carbocycles. The normalized spacial score (nSPS) is 10.2. The quantitative estimate of drug-likeness (QED) is 0.346. The van der Waals surface area contributed by atoms with Crippen molar-refractivity contribution < 1.29 is 14.3 Å². The molecule has 0 radical (unpaired) electrons. The Labute approximate surface area is 105 Å². The van der Waals surface area contributed by atoms with Crippen molar-refractivity contribution in [3.63, 3.8) is 0 Å². The van der Waals surface area contributed by atoms with E-state index in [4.69, 9.17) is 4.74 Å². The van der Waals surface area contributed by atoms with Gasteiger partial charge in [0, 0.05) is 18.7 Å². The van der Waals surface area contributed by atoms with Crippen LogP contribution in [0.25, 0.3) is 6.08 Å². The largest absolute Gasteiger partial charge is 0.497 e. The van der Waals surface area contributed by atoms with Crippen LogP contribution in [0.1, 0.15) is 5.56 Å². The van der Waals surface area contributed by atoms with Crippen molar-refractivity contribution in [2.75, 3.05) is 26.3 Å². The summed E-state index contributed by atoms with van der Waals surface area (Å²) in [5.74, 6) is 0.132. The summed E-state index contributed by atoms with van der Waals surface area (Å²) in [5, 5.41) is 3.98. The third-order valence-corrected chi connectivity index (χ3v) is 2.31. The maximum absolute atomic E-state index is 11.1. The Morgan fingerprint density at radius 1 is 1.39 bits per heavy atom. The van der Waals surface area contributed by atoms with E-state index in [9.17, 15) is 9.70 Å². The summed E-state index contributed by atoms with van der Waals surface area (Å²) in [6, 6.07) is 5.07. The van der Waals surface area contributed by atoms with Gasteiger partial charge in [-0.05, 0) is 24.3 Å². The van der Waals surface area contributed by atoms with Crippen molar-refractivity contribution in [2.24, 2.45) is 5.29 Å².